The van der Waals surface area contributed by atoms with Crippen LogP contribution in [0.1, 0.15) is 66.6 Å². The summed E-state index contributed by atoms with van der Waals surface area (Å²) < 4.78 is 5.71. The van der Waals surface area contributed by atoms with E-state index < -0.39 is 0 Å². The Morgan fingerprint density at radius 2 is 1.89 bits per heavy atom. The van der Waals surface area contributed by atoms with Crippen molar-refractivity contribution in [3.8, 4) is 0 Å². The minimum absolute atomic E-state index is 0.0116. The van der Waals surface area contributed by atoms with Crippen LogP contribution in [0, 0.1) is 0 Å². The van der Waals surface area contributed by atoms with Gasteiger partial charge in [0.1, 0.15) is 11.5 Å². The summed E-state index contributed by atoms with van der Waals surface area (Å²) >= 11 is 0. The van der Waals surface area contributed by atoms with Crippen molar-refractivity contribution < 1.29 is 9.53 Å². The summed E-state index contributed by atoms with van der Waals surface area (Å²) in [4.78, 5) is 29.1. The Bertz CT molecular complexity index is 1030. The maximum atomic E-state index is 13.3. The molecule has 1 saturated carbocycles. The largest absolute Gasteiger partial charge is 0.375 e. The zero-order valence-electron chi connectivity index (χ0n) is 21.3. The van der Waals surface area contributed by atoms with Crippen LogP contribution in [-0.4, -0.2) is 78.7 Å². The molecule has 1 N–H and O–H groups in total. The molecule has 1 aliphatic carbocycles. The standard InChI is InChI=1S/C27H38N6O2/c1-19-17-33(15-16-35-19)27-29-24-23(18-32(26(24)34)14-13-31(2)3)25(30-27)28-22-11-9-21(10-12-22)20-7-5-4-6-8-20/h9-12,19-20H,4-8,13-18H2,1-3H3,(H,28,29,30)/t19-/m1/s1. The Morgan fingerprint density at radius 1 is 1.11 bits per heavy atom. The highest BCUT2D eigenvalue weighted by Gasteiger charge is 2.34. The first-order valence-electron chi connectivity index (χ1n) is 13.1. The molecule has 2 aliphatic heterocycles. The molecule has 3 aliphatic rings. The molecule has 2 aromatic rings. The molecular formula is C27H38N6O2. The second-order valence-corrected chi connectivity index (χ2v) is 10.4. The van der Waals surface area contributed by atoms with E-state index in [-0.39, 0.29) is 12.0 Å². The molecule has 0 unspecified atom stereocenters. The molecule has 2 fully saturated rings. The van der Waals surface area contributed by atoms with Gasteiger partial charge in [0.25, 0.3) is 5.91 Å². The Balaban J connectivity index is 1.42. The lowest BCUT2D eigenvalue weighted by molar-refractivity contribution is 0.0526. The van der Waals surface area contributed by atoms with Gasteiger partial charge in [-0.1, -0.05) is 31.4 Å². The maximum absolute atomic E-state index is 13.3. The maximum Gasteiger partial charge on any atom is 0.273 e. The number of benzene rings is 1. The third-order valence-corrected chi connectivity index (χ3v) is 7.43. The molecule has 35 heavy (non-hydrogen) atoms. The fraction of sp³-hybridized carbons (Fsp3) is 0.593. The van der Waals surface area contributed by atoms with E-state index in [1.54, 1.807) is 0 Å². The number of likely N-dealkylation sites (N-methyl/N-ethyl adjacent to an activating group) is 1. The van der Waals surface area contributed by atoms with Crippen molar-refractivity contribution in [1.29, 1.82) is 0 Å². The van der Waals surface area contributed by atoms with Crippen LogP contribution in [0.4, 0.5) is 17.5 Å². The normalized spacial score (nSPS) is 21.0. The highest BCUT2D eigenvalue weighted by molar-refractivity contribution is 5.98. The van der Waals surface area contributed by atoms with E-state index in [1.165, 1.54) is 37.7 Å². The van der Waals surface area contributed by atoms with Crippen LogP contribution in [-0.2, 0) is 11.3 Å². The van der Waals surface area contributed by atoms with Gasteiger partial charge in [-0.3, -0.25) is 4.79 Å². The van der Waals surface area contributed by atoms with Gasteiger partial charge >= 0.3 is 0 Å². The van der Waals surface area contributed by atoms with Gasteiger partial charge in [0.05, 0.1) is 19.3 Å². The predicted octanol–water partition coefficient (Wildman–Crippen LogP) is 4.01. The molecule has 0 bridgehead atoms. The number of anilines is 3. The number of ether oxygens (including phenoxy) is 1. The summed E-state index contributed by atoms with van der Waals surface area (Å²) in [5.41, 5.74) is 3.83. The number of hydrogen-bond donors (Lipinski definition) is 1. The fourth-order valence-electron chi connectivity index (χ4n) is 5.37. The Kier molecular flexibility index (Phi) is 7.20. The van der Waals surface area contributed by atoms with E-state index in [9.17, 15) is 4.79 Å². The first-order chi connectivity index (χ1) is 17.0. The van der Waals surface area contributed by atoms with Gasteiger partial charge in [-0.15, -0.1) is 0 Å². The summed E-state index contributed by atoms with van der Waals surface area (Å²) in [6, 6.07) is 8.79. The lowest BCUT2D eigenvalue weighted by Crippen LogP contribution is -2.42. The number of nitrogens with zero attached hydrogens (tertiary/aromatic N) is 5. The van der Waals surface area contributed by atoms with Crippen LogP contribution in [0.3, 0.4) is 0 Å². The number of nitrogens with one attached hydrogen (secondary N) is 1. The van der Waals surface area contributed by atoms with Crippen molar-refractivity contribution >= 4 is 23.4 Å². The number of amides is 1. The first-order valence-corrected chi connectivity index (χ1v) is 13.1. The van der Waals surface area contributed by atoms with Gasteiger partial charge < -0.3 is 24.8 Å². The lowest BCUT2D eigenvalue weighted by Gasteiger charge is -2.31. The van der Waals surface area contributed by atoms with Gasteiger partial charge in [-0.05, 0) is 57.5 Å². The molecule has 8 heteroatoms. The molecule has 1 aromatic carbocycles. The summed E-state index contributed by atoms with van der Waals surface area (Å²) in [6.07, 6.45) is 6.72. The molecule has 5 rings (SSSR count). The van der Waals surface area contributed by atoms with Crippen molar-refractivity contribution in [2.75, 3.05) is 57.1 Å². The monoisotopic (exact) mass is 478 g/mol. The number of rotatable bonds is 7. The number of fused-ring (bicyclic) bond motifs is 1. The van der Waals surface area contributed by atoms with E-state index in [2.05, 4.69) is 46.3 Å². The minimum Gasteiger partial charge on any atom is -0.375 e. The van der Waals surface area contributed by atoms with Gasteiger partial charge in [0.2, 0.25) is 5.95 Å². The Labute approximate surface area is 208 Å². The second-order valence-electron chi connectivity index (χ2n) is 10.4. The fourth-order valence-corrected chi connectivity index (χ4v) is 5.37. The summed E-state index contributed by atoms with van der Waals surface area (Å²) in [6.45, 7) is 6.14. The zero-order chi connectivity index (χ0) is 24.4. The third-order valence-electron chi connectivity index (χ3n) is 7.43. The molecule has 188 valence electrons. The van der Waals surface area contributed by atoms with Gasteiger partial charge in [-0.2, -0.15) is 4.98 Å². The van der Waals surface area contributed by atoms with Crippen LogP contribution >= 0.6 is 0 Å². The SMILES string of the molecule is C[C@@H]1CN(c2nc(Nc3ccc(C4CCCCC4)cc3)c3c(n2)C(=O)N(CCN(C)C)C3)CCO1. The van der Waals surface area contributed by atoms with Gasteiger partial charge in [0.15, 0.2) is 0 Å². The molecule has 1 aromatic heterocycles. The summed E-state index contributed by atoms with van der Waals surface area (Å²) in [5.74, 6) is 2.00. The van der Waals surface area contributed by atoms with Crippen LogP contribution in [0.25, 0.3) is 0 Å². The van der Waals surface area contributed by atoms with Crippen molar-refractivity contribution in [2.45, 2.75) is 57.6 Å². The first kappa shape index (κ1) is 24.0. The highest BCUT2D eigenvalue weighted by Crippen LogP contribution is 2.34. The van der Waals surface area contributed by atoms with Crippen LogP contribution in [0.2, 0.25) is 0 Å². The zero-order valence-corrected chi connectivity index (χ0v) is 21.3. The quantitative estimate of drug-likeness (QED) is 0.645. The van der Waals surface area contributed by atoms with Crippen LogP contribution < -0.4 is 10.2 Å². The summed E-state index contributed by atoms with van der Waals surface area (Å²) in [7, 11) is 4.05. The topological polar surface area (TPSA) is 73.8 Å². The average Bonchev–Trinajstić information content (AvgIpc) is 3.19. The van der Waals surface area contributed by atoms with Crippen molar-refractivity contribution in [3.05, 3.63) is 41.1 Å². The number of aromatic nitrogens is 2. The Hall–Kier alpha value is -2.71. The lowest BCUT2D eigenvalue weighted by atomic mass is 9.84. The van der Waals surface area contributed by atoms with Crippen molar-refractivity contribution in [3.63, 3.8) is 0 Å². The molecule has 1 atom stereocenters. The minimum atomic E-state index is -0.0116. The van der Waals surface area contributed by atoms with Crippen molar-refractivity contribution in [1.82, 2.24) is 19.8 Å². The van der Waals surface area contributed by atoms with E-state index in [1.807, 2.05) is 19.0 Å². The van der Waals surface area contributed by atoms with E-state index in [0.29, 0.717) is 43.8 Å². The molecular weight excluding hydrogens is 440 g/mol. The third kappa shape index (κ3) is 5.43. The number of carbonyl (C=O) groups excluding carboxylic acids is 1. The van der Waals surface area contributed by atoms with Crippen molar-refractivity contribution in [2.24, 2.45) is 0 Å². The molecule has 0 radical (unpaired) electrons. The number of carbonyl (C=O) groups is 1. The van der Waals surface area contributed by atoms with E-state index in [0.717, 1.165) is 30.2 Å². The highest BCUT2D eigenvalue weighted by atomic mass is 16.5. The van der Waals surface area contributed by atoms with Crippen LogP contribution in [0.15, 0.2) is 24.3 Å². The number of morpholine rings is 1. The molecule has 0 spiro atoms. The van der Waals surface area contributed by atoms with E-state index >= 15 is 0 Å². The molecule has 3 heterocycles. The molecule has 1 saturated heterocycles. The van der Waals surface area contributed by atoms with Gasteiger partial charge in [0, 0.05) is 37.4 Å². The number of hydrogen-bond acceptors (Lipinski definition) is 7. The molecule has 8 nitrogen and oxygen atoms in total. The summed E-state index contributed by atoms with van der Waals surface area (Å²) in [5, 5.41) is 3.53. The second kappa shape index (κ2) is 10.5. The van der Waals surface area contributed by atoms with Crippen LogP contribution in [0.5, 0.6) is 0 Å². The smallest absolute Gasteiger partial charge is 0.273 e. The van der Waals surface area contributed by atoms with Gasteiger partial charge in [-0.25, -0.2) is 4.98 Å². The van der Waals surface area contributed by atoms with E-state index in [4.69, 9.17) is 14.7 Å². The Morgan fingerprint density at radius 3 is 2.60 bits per heavy atom. The molecule has 1 amide bonds. The predicted molar refractivity (Wildman–Crippen MR) is 139 cm³/mol. The average molecular weight is 479 g/mol.